The summed E-state index contributed by atoms with van der Waals surface area (Å²) in [5.41, 5.74) is 3.84. The number of hydrogen-bond acceptors (Lipinski definition) is 3. The molecule has 0 fully saturated rings. The Bertz CT molecular complexity index is 1040. The maximum atomic E-state index is 12.6. The average molecular weight is 414 g/mol. The Kier molecular flexibility index (Phi) is 5.23. The number of nitrogens with zero attached hydrogens (tertiary/aromatic N) is 3. The van der Waals surface area contributed by atoms with E-state index in [4.69, 9.17) is 0 Å². The van der Waals surface area contributed by atoms with Gasteiger partial charge in [0.05, 0.1) is 17.2 Å². The average Bonchev–Trinajstić information content (AvgIpc) is 2.60. The molecule has 1 aromatic heterocycles. The summed E-state index contributed by atoms with van der Waals surface area (Å²) < 4.78 is 2.16. The van der Waals surface area contributed by atoms with Crippen LogP contribution in [0.5, 0.6) is 0 Å². The number of halogens is 1. The topological polar surface area (TPSA) is 55.2 Å². The lowest BCUT2D eigenvalue weighted by atomic mass is 10.1. The van der Waals surface area contributed by atoms with Gasteiger partial charge in [-0.1, -0.05) is 39.7 Å². The van der Waals surface area contributed by atoms with Crippen LogP contribution in [0.2, 0.25) is 0 Å². The van der Waals surface area contributed by atoms with Crippen molar-refractivity contribution in [3.8, 4) is 0 Å². The lowest BCUT2D eigenvalue weighted by Gasteiger charge is -2.19. The minimum atomic E-state index is -0.218. The highest BCUT2D eigenvalue weighted by molar-refractivity contribution is 9.10. The van der Waals surface area contributed by atoms with Crippen LogP contribution >= 0.6 is 15.9 Å². The van der Waals surface area contributed by atoms with Gasteiger partial charge in [-0.05, 0) is 43.2 Å². The summed E-state index contributed by atoms with van der Waals surface area (Å²) in [7, 11) is 1.75. The normalized spacial score (nSPS) is 10.9. The van der Waals surface area contributed by atoms with Crippen molar-refractivity contribution in [3.63, 3.8) is 0 Å². The third kappa shape index (κ3) is 3.85. The number of amides is 1. The molecule has 0 spiro atoms. The van der Waals surface area contributed by atoms with Crippen molar-refractivity contribution in [2.75, 3.05) is 7.05 Å². The van der Waals surface area contributed by atoms with Crippen molar-refractivity contribution in [3.05, 3.63) is 74.2 Å². The van der Waals surface area contributed by atoms with Gasteiger partial charge in [0.2, 0.25) is 5.91 Å². The number of likely N-dealkylation sites (N-methyl/N-ethyl adjacent to an activating group) is 1. The number of hydrogen-bond donors (Lipinski definition) is 0. The number of rotatable bonds is 4. The number of benzene rings is 2. The number of aromatic nitrogens is 2. The largest absolute Gasteiger partial charge is 0.340 e. The van der Waals surface area contributed by atoms with Crippen molar-refractivity contribution in [1.82, 2.24) is 14.5 Å². The molecule has 3 rings (SSSR count). The van der Waals surface area contributed by atoms with E-state index in [9.17, 15) is 9.59 Å². The molecule has 1 amide bonds. The van der Waals surface area contributed by atoms with Gasteiger partial charge in [0, 0.05) is 18.1 Å². The van der Waals surface area contributed by atoms with E-state index in [1.54, 1.807) is 24.1 Å². The second-order valence-corrected chi connectivity index (χ2v) is 7.43. The second kappa shape index (κ2) is 7.41. The zero-order valence-electron chi connectivity index (χ0n) is 15.0. The van der Waals surface area contributed by atoms with Crippen LogP contribution in [-0.4, -0.2) is 27.4 Å². The zero-order chi connectivity index (χ0) is 18.8. The van der Waals surface area contributed by atoms with Crippen LogP contribution in [0.25, 0.3) is 10.9 Å². The highest BCUT2D eigenvalue weighted by Gasteiger charge is 2.13. The first kappa shape index (κ1) is 18.3. The molecule has 2 aromatic carbocycles. The molecule has 0 saturated heterocycles. The Morgan fingerprint density at radius 3 is 2.69 bits per heavy atom. The van der Waals surface area contributed by atoms with E-state index in [2.05, 4.69) is 27.0 Å². The van der Waals surface area contributed by atoms with E-state index in [1.807, 2.05) is 32.0 Å². The quantitative estimate of drug-likeness (QED) is 0.658. The third-order valence-electron chi connectivity index (χ3n) is 4.42. The summed E-state index contributed by atoms with van der Waals surface area (Å²) >= 11 is 3.36. The molecule has 0 atom stereocenters. The van der Waals surface area contributed by atoms with Gasteiger partial charge in [-0.25, -0.2) is 4.98 Å². The molecule has 1 heterocycles. The predicted molar refractivity (Wildman–Crippen MR) is 106 cm³/mol. The Hall–Kier alpha value is -2.47. The fraction of sp³-hybridized carbons (Fsp3) is 0.250. The number of aryl methyl sites for hydroxylation is 2. The van der Waals surface area contributed by atoms with Crippen molar-refractivity contribution < 1.29 is 4.79 Å². The monoisotopic (exact) mass is 413 g/mol. The van der Waals surface area contributed by atoms with Crippen molar-refractivity contribution in [2.45, 2.75) is 26.9 Å². The first-order valence-electron chi connectivity index (χ1n) is 8.30. The van der Waals surface area contributed by atoms with Gasteiger partial charge in [0.15, 0.2) is 0 Å². The summed E-state index contributed by atoms with van der Waals surface area (Å²) in [5.74, 6) is -0.136. The van der Waals surface area contributed by atoms with Gasteiger partial charge in [-0.3, -0.25) is 14.2 Å². The lowest BCUT2D eigenvalue weighted by Crippen LogP contribution is -2.33. The zero-order valence-corrected chi connectivity index (χ0v) is 16.6. The Balaban J connectivity index is 1.80. The van der Waals surface area contributed by atoms with Gasteiger partial charge >= 0.3 is 0 Å². The first-order valence-corrected chi connectivity index (χ1v) is 9.09. The Morgan fingerprint density at radius 1 is 1.19 bits per heavy atom. The number of carbonyl (C=O) groups excluding carboxylic acids is 1. The number of fused-ring (bicyclic) bond motifs is 1. The van der Waals surface area contributed by atoms with Crippen molar-refractivity contribution in [1.29, 1.82) is 0 Å². The molecule has 0 N–H and O–H groups in total. The third-order valence-corrected chi connectivity index (χ3v) is 4.92. The van der Waals surface area contributed by atoms with E-state index in [1.165, 1.54) is 16.5 Å². The van der Waals surface area contributed by atoms with E-state index >= 15 is 0 Å². The highest BCUT2D eigenvalue weighted by atomic mass is 79.9. The molecule has 0 aliphatic heterocycles. The second-order valence-electron chi connectivity index (χ2n) is 6.52. The summed E-state index contributed by atoms with van der Waals surface area (Å²) in [5, 5.41) is 0.492. The van der Waals surface area contributed by atoms with Gasteiger partial charge in [0.1, 0.15) is 6.54 Å². The molecule has 0 unspecified atom stereocenters. The van der Waals surface area contributed by atoms with Crippen LogP contribution in [0.1, 0.15) is 16.7 Å². The Morgan fingerprint density at radius 2 is 1.96 bits per heavy atom. The molecule has 0 radical (unpaired) electrons. The molecule has 0 bridgehead atoms. The molecular formula is C20H20BrN3O2. The summed E-state index contributed by atoms with van der Waals surface area (Å²) in [6, 6.07) is 11.5. The van der Waals surface area contributed by atoms with E-state index in [0.717, 1.165) is 15.6 Å². The van der Waals surface area contributed by atoms with Crippen LogP contribution < -0.4 is 5.56 Å². The highest BCUT2D eigenvalue weighted by Crippen LogP contribution is 2.15. The SMILES string of the molecule is Cc1ccc(CN(C)C(=O)Cn2cnc3ccc(Br)cc3c2=O)c(C)c1. The van der Waals surface area contributed by atoms with Crippen LogP contribution in [0, 0.1) is 13.8 Å². The van der Waals surface area contributed by atoms with Gasteiger partial charge in [0.25, 0.3) is 5.56 Å². The maximum absolute atomic E-state index is 12.6. The van der Waals surface area contributed by atoms with Crippen molar-refractivity contribution >= 4 is 32.7 Å². The Labute approximate surface area is 160 Å². The number of carbonyl (C=O) groups is 1. The van der Waals surface area contributed by atoms with Crippen LogP contribution in [0.3, 0.4) is 0 Å². The summed E-state index contributed by atoms with van der Waals surface area (Å²) in [4.78, 5) is 31.1. The van der Waals surface area contributed by atoms with E-state index < -0.39 is 0 Å². The first-order chi connectivity index (χ1) is 12.3. The van der Waals surface area contributed by atoms with Crippen LogP contribution in [0.4, 0.5) is 0 Å². The predicted octanol–water partition coefficient (Wildman–Crippen LogP) is 3.43. The minimum Gasteiger partial charge on any atom is -0.340 e. The summed E-state index contributed by atoms with van der Waals surface area (Å²) in [6.45, 7) is 4.56. The molecular weight excluding hydrogens is 394 g/mol. The molecule has 0 aliphatic carbocycles. The summed E-state index contributed by atoms with van der Waals surface area (Å²) in [6.07, 6.45) is 1.43. The molecule has 0 saturated carbocycles. The van der Waals surface area contributed by atoms with Crippen LogP contribution in [-0.2, 0) is 17.9 Å². The fourth-order valence-electron chi connectivity index (χ4n) is 2.88. The molecule has 26 heavy (non-hydrogen) atoms. The minimum absolute atomic E-state index is 0.0320. The maximum Gasteiger partial charge on any atom is 0.261 e. The molecule has 134 valence electrons. The molecule has 3 aromatic rings. The standard InChI is InChI=1S/C20H20BrN3O2/c1-13-4-5-15(14(2)8-13)10-23(3)19(25)11-24-12-22-18-7-6-16(21)9-17(18)20(24)26/h4-9,12H,10-11H2,1-3H3. The van der Waals surface area contributed by atoms with E-state index in [-0.39, 0.29) is 18.0 Å². The van der Waals surface area contributed by atoms with Gasteiger partial charge in [-0.15, -0.1) is 0 Å². The molecule has 5 nitrogen and oxygen atoms in total. The van der Waals surface area contributed by atoms with Gasteiger partial charge in [-0.2, -0.15) is 0 Å². The van der Waals surface area contributed by atoms with Gasteiger partial charge < -0.3 is 4.90 Å². The van der Waals surface area contributed by atoms with Crippen molar-refractivity contribution in [2.24, 2.45) is 0 Å². The fourth-order valence-corrected chi connectivity index (χ4v) is 3.24. The smallest absolute Gasteiger partial charge is 0.261 e. The molecule has 0 aliphatic rings. The van der Waals surface area contributed by atoms with Crippen LogP contribution in [0.15, 0.2) is 52.0 Å². The van der Waals surface area contributed by atoms with E-state index in [0.29, 0.717) is 17.4 Å². The molecule has 6 heteroatoms. The lowest BCUT2D eigenvalue weighted by molar-refractivity contribution is -0.131.